The molecule has 6 nitrogen and oxygen atoms in total. The third-order valence-corrected chi connectivity index (χ3v) is 6.00. The third kappa shape index (κ3) is 2.87. The minimum Gasteiger partial charge on any atom is -0.304 e. The van der Waals surface area contributed by atoms with Crippen molar-refractivity contribution in [2.45, 2.75) is 32.9 Å². The zero-order valence-corrected chi connectivity index (χ0v) is 17.5. The molecule has 0 saturated carbocycles. The van der Waals surface area contributed by atoms with Crippen LogP contribution in [0.1, 0.15) is 31.9 Å². The molecule has 150 valence electrons. The Balaban J connectivity index is 1.89. The molecule has 3 heterocycles. The highest BCUT2D eigenvalue weighted by molar-refractivity contribution is 6.31. The van der Waals surface area contributed by atoms with Gasteiger partial charge in [0.25, 0.3) is 5.56 Å². The van der Waals surface area contributed by atoms with E-state index in [1.807, 2.05) is 60.0 Å². The highest BCUT2D eigenvalue weighted by Gasteiger charge is 2.21. The molecule has 0 spiro atoms. The van der Waals surface area contributed by atoms with Crippen molar-refractivity contribution in [2.75, 3.05) is 0 Å². The Morgan fingerprint density at radius 2 is 1.70 bits per heavy atom. The number of nitrogens with zero attached hydrogens (tertiary/aromatic N) is 5. The van der Waals surface area contributed by atoms with Gasteiger partial charge in [-0.15, -0.1) is 0 Å². The van der Waals surface area contributed by atoms with Crippen LogP contribution >= 0.6 is 11.6 Å². The average Bonchev–Trinajstić information content (AvgIpc) is 3.06. The number of rotatable bonds is 4. The Kier molecular flexibility index (Phi) is 4.51. The van der Waals surface area contributed by atoms with E-state index < -0.39 is 0 Å². The maximum atomic E-state index is 13.4. The van der Waals surface area contributed by atoms with Gasteiger partial charge in [0.2, 0.25) is 0 Å². The summed E-state index contributed by atoms with van der Waals surface area (Å²) in [5.74, 6) is 0. The van der Waals surface area contributed by atoms with E-state index in [1.54, 1.807) is 10.9 Å². The fourth-order valence-electron chi connectivity index (χ4n) is 3.77. The van der Waals surface area contributed by atoms with E-state index >= 15 is 0 Å². The van der Waals surface area contributed by atoms with Gasteiger partial charge in [-0.1, -0.05) is 48.9 Å². The first-order valence-corrected chi connectivity index (χ1v) is 10.4. The molecule has 7 heteroatoms. The van der Waals surface area contributed by atoms with Crippen molar-refractivity contribution in [1.29, 1.82) is 0 Å². The summed E-state index contributed by atoms with van der Waals surface area (Å²) in [6.07, 6.45) is 2.46. The van der Waals surface area contributed by atoms with E-state index in [4.69, 9.17) is 21.6 Å². The Bertz CT molecular complexity index is 1470. The average molecular weight is 418 g/mol. The van der Waals surface area contributed by atoms with Crippen molar-refractivity contribution >= 4 is 44.8 Å². The van der Waals surface area contributed by atoms with Gasteiger partial charge in [0.05, 0.1) is 17.6 Å². The maximum Gasteiger partial charge on any atom is 0.265 e. The van der Waals surface area contributed by atoms with Crippen LogP contribution in [0.15, 0.2) is 59.7 Å². The van der Waals surface area contributed by atoms with Crippen LogP contribution in [0, 0.1) is 0 Å². The molecule has 0 aliphatic heterocycles. The minimum absolute atomic E-state index is 0.0461. The second-order valence-corrected chi connectivity index (χ2v) is 7.88. The smallest absolute Gasteiger partial charge is 0.265 e. The number of halogens is 1. The fraction of sp³-hybridized carbons (Fsp3) is 0.217. The molecule has 0 amide bonds. The van der Waals surface area contributed by atoms with Crippen molar-refractivity contribution in [1.82, 2.24) is 24.1 Å². The highest BCUT2D eigenvalue weighted by Crippen LogP contribution is 2.27. The standard InChI is InChI=1S/C23H20ClN5O/c1-3-14(2)29-13-25-21-19(23(29)30)20-22(27-18-11-7-6-10-17(18)26-20)28(21)12-15-8-4-5-9-16(15)24/h4-11,13-14H,3,12H2,1-2H3/t14-/m1/s1. The lowest BCUT2D eigenvalue weighted by atomic mass is 10.2. The number of hydrogen-bond donors (Lipinski definition) is 0. The number of benzene rings is 2. The summed E-state index contributed by atoms with van der Waals surface area (Å²) < 4.78 is 3.62. The van der Waals surface area contributed by atoms with Gasteiger partial charge in [0.15, 0.2) is 11.3 Å². The molecule has 0 bridgehead atoms. The van der Waals surface area contributed by atoms with E-state index in [9.17, 15) is 4.79 Å². The van der Waals surface area contributed by atoms with Crippen molar-refractivity contribution in [2.24, 2.45) is 0 Å². The molecule has 0 saturated heterocycles. The summed E-state index contributed by atoms with van der Waals surface area (Å²) in [6.45, 7) is 4.51. The Morgan fingerprint density at radius 3 is 2.43 bits per heavy atom. The lowest BCUT2D eigenvalue weighted by Crippen LogP contribution is -2.23. The molecule has 5 aromatic rings. The first-order valence-electron chi connectivity index (χ1n) is 9.97. The van der Waals surface area contributed by atoms with Crippen LogP contribution in [0.5, 0.6) is 0 Å². The van der Waals surface area contributed by atoms with E-state index in [0.29, 0.717) is 33.8 Å². The zero-order valence-electron chi connectivity index (χ0n) is 16.7. The van der Waals surface area contributed by atoms with Crippen LogP contribution in [0.4, 0.5) is 0 Å². The van der Waals surface area contributed by atoms with Gasteiger partial charge in [0, 0.05) is 11.1 Å². The molecule has 0 aliphatic carbocycles. The molecule has 0 unspecified atom stereocenters. The Hall–Kier alpha value is -3.25. The fourth-order valence-corrected chi connectivity index (χ4v) is 3.97. The molecule has 0 aliphatic rings. The molecular formula is C23H20ClN5O. The second-order valence-electron chi connectivity index (χ2n) is 7.47. The van der Waals surface area contributed by atoms with Crippen molar-refractivity contribution in [3.05, 3.63) is 75.8 Å². The number of fused-ring (bicyclic) bond motifs is 4. The molecule has 30 heavy (non-hydrogen) atoms. The van der Waals surface area contributed by atoms with E-state index in [-0.39, 0.29) is 11.6 Å². The first kappa shape index (κ1) is 18.8. The van der Waals surface area contributed by atoms with Gasteiger partial charge < -0.3 is 4.57 Å². The lowest BCUT2D eigenvalue weighted by molar-refractivity contribution is 0.510. The molecule has 0 N–H and O–H groups in total. The highest BCUT2D eigenvalue weighted by atomic mass is 35.5. The van der Waals surface area contributed by atoms with Crippen LogP contribution in [-0.2, 0) is 6.54 Å². The van der Waals surface area contributed by atoms with Crippen LogP contribution in [0.2, 0.25) is 5.02 Å². The molecular weight excluding hydrogens is 398 g/mol. The van der Waals surface area contributed by atoms with Crippen molar-refractivity contribution in [3.8, 4) is 0 Å². The number of aromatic nitrogens is 5. The predicted octanol–water partition coefficient (Wildman–Crippen LogP) is 4.97. The van der Waals surface area contributed by atoms with Gasteiger partial charge >= 0.3 is 0 Å². The summed E-state index contributed by atoms with van der Waals surface area (Å²) in [7, 11) is 0. The summed E-state index contributed by atoms with van der Waals surface area (Å²) in [6, 6.07) is 15.4. The lowest BCUT2D eigenvalue weighted by Gasteiger charge is -2.12. The predicted molar refractivity (Wildman–Crippen MR) is 120 cm³/mol. The molecule has 0 fully saturated rings. The normalized spacial score (nSPS) is 12.8. The van der Waals surface area contributed by atoms with Gasteiger partial charge in [-0.25, -0.2) is 15.0 Å². The van der Waals surface area contributed by atoms with Crippen LogP contribution in [-0.4, -0.2) is 24.1 Å². The SMILES string of the molecule is CC[C@@H](C)n1cnc2c(c1=O)c1nc3ccccc3nc1n2Cc1ccccc1Cl. The van der Waals surface area contributed by atoms with Gasteiger partial charge in [-0.3, -0.25) is 9.36 Å². The molecule has 2 aromatic carbocycles. The second kappa shape index (κ2) is 7.22. The quantitative estimate of drug-likeness (QED) is 0.414. The minimum atomic E-state index is -0.0955. The molecule has 3 aromatic heterocycles. The monoisotopic (exact) mass is 417 g/mol. The Labute approximate surface area is 177 Å². The van der Waals surface area contributed by atoms with Gasteiger partial charge in [0.1, 0.15) is 17.2 Å². The Morgan fingerprint density at radius 1 is 1.00 bits per heavy atom. The molecule has 5 rings (SSSR count). The summed E-state index contributed by atoms with van der Waals surface area (Å²) in [5, 5.41) is 1.16. The van der Waals surface area contributed by atoms with E-state index in [2.05, 4.69) is 11.9 Å². The van der Waals surface area contributed by atoms with Gasteiger partial charge in [-0.05, 0) is 37.1 Å². The maximum absolute atomic E-state index is 13.4. The summed E-state index contributed by atoms with van der Waals surface area (Å²) in [5.41, 5.74) is 4.14. The largest absolute Gasteiger partial charge is 0.304 e. The molecule has 0 radical (unpaired) electrons. The van der Waals surface area contributed by atoms with E-state index in [0.717, 1.165) is 23.0 Å². The summed E-state index contributed by atoms with van der Waals surface area (Å²) in [4.78, 5) is 27.7. The van der Waals surface area contributed by atoms with Crippen LogP contribution < -0.4 is 5.56 Å². The topological polar surface area (TPSA) is 65.6 Å². The van der Waals surface area contributed by atoms with Gasteiger partial charge in [-0.2, -0.15) is 0 Å². The first-order chi connectivity index (χ1) is 14.6. The van der Waals surface area contributed by atoms with Crippen LogP contribution in [0.25, 0.3) is 33.2 Å². The number of hydrogen-bond acceptors (Lipinski definition) is 4. The van der Waals surface area contributed by atoms with Crippen molar-refractivity contribution in [3.63, 3.8) is 0 Å². The van der Waals surface area contributed by atoms with Crippen LogP contribution in [0.3, 0.4) is 0 Å². The van der Waals surface area contributed by atoms with Crippen molar-refractivity contribution < 1.29 is 0 Å². The number of para-hydroxylation sites is 2. The summed E-state index contributed by atoms with van der Waals surface area (Å²) >= 11 is 6.42. The zero-order chi connectivity index (χ0) is 20.8. The molecule has 1 atom stereocenters. The third-order valence-electron chi connectivity index (χ3n) is 5.63. The van der Waals surface area contributed by atoms with E-state index in [1.165, 1.54) is 0 Å².